The van der Waals surface area contributed by atoms with E-state index in [1.54, 1.807) is 17.0 Å². The normalized spacial score (nSPS) is 16.5. The van der Waals surface area contributed by atoms with Crippen molar-refractivity contribution in [3.05, 3.63) is 50.9 Å². The van der Waals surface area contributed by atoms with Gasteiger partial charge in [-0.3, -0.25) is 9.59 Å². The summed E-state index contributed by atoms with van der Waals surface area (Å²) in [5, 5.41) is 10.1. The summed E-state index contributed by atoms with van der Waals surface area (Å²) >= 11 is 14.9. The number of halogens is 2. The van der Waals surface area contributed by atoms with Crippen molar-refractivity contribution in [1.82, 2.24) is 4.98 Å². The average Bonchev–Trinajstić information content (AvgIpc) is 3.00. The Bertz CT molecular complexity index is 1080. The van der Waals surface area contributed by atoms with Gasteiger partial charge >= 0.3 is 5.97 Å². The van der Waals surface area contributed by atoms with Gasteiger partial charge in [0, 0.05) is 4.90 Å². The summed E-state index contributed by atoms with van der Waals surface area (Å²) < 4.78 is 0.884. The molecule has 144 valence electrons. The summed E-state index contributed by atoms with van der Waals surface area (Å²) in [6, 6.07) is 9.30. The van der Waals surface area contributed by atoms with E-state index in [9.17, 15) is 14.7 Å². The zero-order valence-electron chi connectivity index (χ0n) is 14.6. The molecule has 2 aromatic carbocycles. The number of fused-ring (bicyclic) bond motifs is 2. The average molecular weight is 453 g/mol. The standard InChI is InChI=1S/C19H14Cl2N2O3S2/c1-9-2-3-14-13(4-9)23(19(26)16(27-14)7-18(24)25)8-17-22-12-5-10(20)11(21)6-15(12)28-17/h2-6,16H,7-8H2,1H3,(H,24,25). The molecular formula is C19H14Cl2N2O3S2. The minimum Gasteiger partial charge on any atom is -0.481 e. The number of aryl methyl sites for hydroxylation is 1. The number of thioether (sulfide) groups is 1. The molecule has 1 amide bonds. The smallest absolute Gasteiger partial charge is 0.305 e. The van der Waals surface area contributed by atoms with Gasteiger partial charge in [-0.25, -0.2) is 4.98 Å². The highest BCUT2D eigenvalue weighted by atomic mass is 35.5. The summed E-state index contributed by atoms with van der Waals surface area (Å²) in [6.07, 6.45) is -0.224. The van der Waals surface area contributed by atoms with E-state index in [0.717, 1.165) is 31.4 Å². The lowest BCUT2D eigenvalue weighted by atomic mass is 10.1. The number of carboxylic acid groups (broad SMARTS) is 1. The molecule has 9 heteroatoms. The van der Waals surface area contributed by atoms with Gasteiger partial charge in [-0.2, -0.15) is 0 Å². The van der Waals surface area contributed by atoms with E-state index in [4.69, 9.17) is 23.2 Å². The van der Waals surface area contributed by atoms with E-state index >= 15 is 0 Å². The number of amides is 1. The fourth-order valence-electron chi connectivity index (χ4n) is 3.06. The molecule has 0 spiro atoms. The van der Waals surface area contributed by atoms with Crippen LogP contribution in [0.3, 0.4) is 0 Å². The highest BCUT2D eigenvalue weighted by Gasteiger charge is 2.35. The van der Waals surface area contributed by atoms with Crippen molar-refractivity contribution in [3.8, 4) is 0 Å². The SMILES string of the molecule is Cc1ccc2c(c1)N(Cc1nc3cc(Cl)c(Cl)cc3s1)C(=O)C(CC(=O)O)S2. The first-order chi connectivity index (χ1) is 13.3. The van der Waals surface area contributed by atoms with Gasteiger partial charge in [-0.15, -0.1) is 23.1 Å². The molecule has 1 aromatic heterocycles. The number of hydrogen-bond donors (Lipinski definition) is 1. The molecule has 1 aliphatic rings. The van der Waals surface area contributed by atoms with E-state index in [2.05, 4.69) is 4.98 Å². The van der Waals surface area contributed by atoms with Crippen LogP contribution >= 0.6 is 46.3 Å². The molecule has 3 aromatic rings. The molecule has 1 N–H and O–H groups in total. The molecule has 1 atom stereocenters. The van der Waals surface area contributed by atoms with E-state index in [-0.39, 0.29) is 18.9 Å². The van der Waals surface area contributed by atoms with Crippen LogP contribution in [0.15, 0.2) is 35.2 Å². The number of benzene rings is 2. The molecule has 0 saturated heterocycles. The lowest BCUT2D eigenvalue weighted by Gasteiger charge is -2.33. The van der Waals surface area contributed by atoms with E-state index in [1.165, 1.54) is 23.1 Å². The molecule has 0 bridgehead atoms. The van der Waals surface area contributed by atoms with Gasteiger partial charge in [0.05, 0.1) is 44.2 Å². The third-order valence-corrected chi connectivity index (χ3v) is 7.32. The third-order valence-electron chi connectivity index (χ3n) is 4.34. The Morgan fingerprint density at radius 3 is 2.75 bits per heavy atom. The molecule has 0 aliphatic carbocycles. The molecular weight excluding hydrogens is 439 g/mol. The first-order valence-corrected chi connectivity index (χ1v) is 10.8. The first kappa shape index (κ1) is 19.5. The lowest BCUT2D eigenvalue weighted by molar-refractivity contribution is -0.138. The summed E-state index contributed by atoms with van der Waals surface area (Å²) in [6.45, 7) is 2.22. The fourth-order valence-corrected chi connectivity index (χ4v) is 5.62. The van der Waals surface area contributed by atoms with Crippen molar-refractivity contribution in [2.75, 3.05) is 4.90 Å². The van der Waals surface area contributed by atoms with Crippen LogP contribution in [0.4, 0.5) is 5.69 Å². The van der Waals surface area contributed by atoms with Crippen LogP contribution < -0.4 is 4.90 Å². The predicted octanol–water partition coefficient (Wildman–Crippen LogP) is 5.39. The van der Waals surface area contributed by atoms with E-state index in [0.29, 0.717) is 10.0 Å². The van der Waals surface area contributed by atoms with Crippen molar-refractivity contribution >= 4 is 74.1 Å². The zero-order valence-corrected chi connectivity index (χ0v) is 17.8. The van der Waals surface area contributed by atoms with Crippen LogP contribution in [-0.4, -0.2) is 27.2 Å². The van der Waals surface area contributed by atoms with Crippen LogP contribution in [0, 0.1) is 6.92 Å². The van der Waals surface area contributed by atoms with Crippen molar-refractivity contribution < 1.29 is 14.7 Å². The van der Waals surface area contributed by atoms with Crippen molar-refractivity contribution in [2.24, 2.45) is 0 Å². The van der Waals surface area contributed by atoms with Crippen molar-refractivity contribution in [3.63, 3.8) is 0 Å². The maximum atomic E-state index is 13.0. The van der Waals surface area contributed by atoms with Crippen LogP contribution in [0.25, 0.3) is 10.2 Å². The quantitative estimate of drug-likeness (QED) is 0.573. The molecule has 5 nitrogen and oxygen atoms in total. The summed E-state index contributed by atoms with van der Waals surface area (Å²) in [7, 11) is 0. The van der Waals surface area contributed by atoms with Crippen molar-refractivity contribution in [2.45, 2.75) is 30.0 Å². The second-order valence-electron chi connectivity index (χ2n) is 6.44. The van der Waals surface area contributed by atoms with Crippen LogP contribution in [0.2, 0.25) is 10.0 Å². The number of hydrogen-bond acceptors (Lipinski definition) is 5. The Morgan fingerprint density at radius 1 is 1.25 bits per heavy atom. The van der Waals surface area contributed by atoms with Crippen molar-refractivity contribution in [1.29, 1.82) is 0 Å². The molecule has 28 heavy (non-hydrogen) atoms. The number of carboxylic acids is 1. The predicted molar refractivity (Wildman–Crippen MR) is 114 cm³/mol. The zero-order chi connectivity index (χ0) is 20.0. The third kappa shape index (κ3) is 3.72. The maximum absolute atomic E-state index is 13.0. The maximum Gasteiger partial charge on any atom is 0.305 e. The number of aromatic nitrogens is 1. The molecule has 2 heterocycles. The van der Waals surface area contributed by atoms with Gasteiger partial charge in [0.1, 0.15) is 5.01 Å². The van der Waals surface area contributed by atoms with Crippen LogP contribution in [0.1, 0.15) is 17.0 Å². The summed E-state index contributed by atoms with van der Waals surface area (Å²) in [5.74, 6) is -1.22. The Kier molecular flexibility index (Phi) is 5.26. The monoisotopic (exact) mass is 452 g/mol. The second-order valence-corrected chi connectivity index (χ2v) is 9.62. The first-order valence-electron chi connectivity index (χ1n) is 8.37. The van der Waals surface area contributed by atoms with Crippen LogP contribution in [-0.2, 0) is 16.1 Å². The Hall–Kier alpha value is -1.80. The Morgan fingerprint density at radius 2 is 2.00 bits per heavy atom. The highest BCUT2D eigenvalue weighted by Crippen LogP contribution is 2.42. The van der Waals surface area contributed by atoms with Gasteiger partial charge in [0.15, 0.2) is 0 Å². The minimum atomic E-state index is -0.995. The summed E-state index contributed by atoms with van der Waals surface area (Å²) in [5.41, 5.74) is 2.53. The van der Waals surface area contributed by atoms with Gasteiger partial charge < -0.3 is 10.0 Å². The topological polar surface area (TPSA) is 70.5 Å². The molecule has 1 aliphatic heterocycles. The number of rotatable bonds is 4. The van der Waals surface area contributed by atoms with Gasteiger partial charge in [0.25, 0.3) is 0 Å². The number of nitrogens with zero attached hydrogens (tertiary/aromatic N) is 2. The molecule has 0 fully saturated rings. The number of carbonyl (C=O) groups excluding carboxylic acids is 1. The largest absolute Gasteiger partial charge is 0.481 e. The van der Waals surface area contributed by atoms with Gasteiger partial charge in [-0.1, -0.05) is 29.3 Å². The fraction of sp³-hybridized carbons (Fsp3) is 0.211. The Labute approximate surface area is 179 Å². The number of thiazole rings is 1. The van der Waals surface area contributed by atoms with Crippen LogP contribution in [0.5, 0.6) is 0 Å². The van der Waals surface area contributed by atoms with Gasteiger partial charge in [-0.05, 0) is 36.8 Å². The number of carbonyl (C=O) groups is 2. The molecule has 1 unspecified atom stereocenters. The number of aliphatic carboxylic acids is 1. The van der Waals surface area contributed by atoms with E-state index < -0.39 is 11.2 Å². The summed E-state index contributed by atoms with van der Waals surface area (Å²) in [4.78, 5) is 31.4. The molecule has 0 saturated carbocycles. The highest BCUT2D eigenvalue weighted by molar-refractivity contribution is 8.01. The molecule has 4 rings (SSSR count). The molecule has 0 radical (unpaired) electrons. The van der Waals surface area contributed by atoms with Gasteiger partial charge in [0.2, 0.25) is 5.91 Å². The Balaban J connectivity index is 1.73. The minimum absolute atomic E-state index is 0.221. The van der Waals surface area contributed by atoms with E-state index in [1.807, 2.05) is 25.1 Å². The lowest BCUT2D eigenvalue weighted by Crippen LogP contribution is -2.41. The second kappa shape index (κ2) is 7.55. The number of anilines is 1.